The van der Waals surface area contributed by atoms with Crippen molar-refractivity contribution in [3.63, 3.8) is 0 Å². The monoisotopic (exact) mass is 410 g/mol. The molecule has 3 rings (SSSR count). The maximum atomic E-state index is 12.3. The van der Waals surface area contributed by atoms with E-state index in [0.717, 1.165) is 37.7 Å². The predicted octanol–water partition coefficient (Wildman–Crippen LogP) is 4.97. The van der Waals surface area contributed by atoms with Gasteiger partial charge in [-0.15, -0.1) is 0 Å². The predicted molar refractivity (Wildman–Crippen MR) is 109 cm³/mol. The van der Waals surface area contributed by atoms with E-state index in [9.17, 15) is 8.42 Å². The zero-order valence-corrected chi connectivity index (χ0v) is 18.1. The Hall–Kier alpha value is -0.950. The van der Waals surface area contributed by atoms with E-state index in [1.165, 1.54) is 19.3 Å². The molecule has 2 aliphatic rings. The zero-order chi connectivity index (χ0) is 20.1. The van der Waals surface area contributed by atoms with Gasteiger partial charge in [-0.3, -0.25) is 4.18 Å². The van der Waals surface area contributed by atoms with Crippen LogP contribution in [0.1, 0.15) is 70.3 Å². The third-order valence-electron chi connectivity index (χ3n) is 6.12. The molecule has 0 spiro atoms. The minimum absolute atomic E-state index is 0.0344. The first-order valence-electron chi connectivity index (χ1n) is 10.7. The molecule has 0 amide bonds. The molecule has 1 aromatic rings. The van der Waals surface area contributed by atoms with Gasteiger partial charge in [-0.2, -0.15) is 8.42 Å². The maximum Gasteiger partial charge on any atom is 0.296 e. The highest BCUT2D eigenvalue weighted by Gasteiger charge is 2.61. The van der Waals surface area contributed by atoms with E-state index in [1.54, 1.807) is 24.3 Å². The van der Waals surface area contributed by atoms with Gasteiger partial charge in [0.2, 0.25) is 0 Å². The molecule has 1 saturated carbocycles. The molecule has 1 saturated heterocycles. The second-order valence-electron chi connectivity index (χ2n) is 8.23. The normalized spacial score (nSPS) is 20.4. The van der Waals surface area contributed by atoms with Crippen LogP contribution in [0.5, 0.6) is 0 Å². The Bertz CT molecular complexity index is 716. The van der Waals surface area contributed by atoms with Crippen LogP contribution in [-0.2, 0) is 23.8 Å². The highest BCUT2D eigenvalue weighted by atomic mass is 32.2. The van der Waals surface area contributed by atoms with Crippen molar-refractivity contribution in [2.24, 2.45) is 5.41 Å². The SMILES string of the molecule is CCCCCCC1(C2(CCCOS(=O)(=O)c3ccc(C)cc3)CC2)OCCO1. The van der Waals surface area contributed by atoms with Gasteiger partial charge in [0.1, 0.15) is 0 Å². The van der Waals surface area contributed by atoms with E-state index < -0.39 is 15.9 Å². The molecule has 158 valence electrons. The van der Waals surface area contributed by atoms with Gasteiger partial charge < -0.3 is 9.47 Å². The smallest absolute Gasteiger partial charge is 0.296 e. The first-order valence-corrected chi connectivity index (χ1v) is 12.1. The zero-order valence-electron chi connectivity index (χ0n) is 17.2. The fourth-order valence-corrected chi connectivity index (χ4v) is 5.22. The summed E-state index contributed by atoms with van der Waals surface area (Å²) in [5.74, 6) is -0.462. The number of hydrogen-bond donors (Lipinski definition) is 0. The van der Waals surface area contributed by atoms with Gasteiger partial charge >= 0.3 is 0 Å². The van der Waals surface area contributed by atoms with Crippen molar-refractivity contribution >= 4 is 10.1 Å². The standard InChI is InChI=1S/C22H34O5S/c1-3-4-5-6-13-22(25-17-18-26-22)21(14-15-21)12-7-16-27-28(23,24)20-10-8-19(2)9-11-20/h8-11H,3-7,12-18H2,1-2H3. The number of aryl methyl sites for hydroxylation is 1. The van der Waals surface area contributed by atoms with E-state index in [1.807, 2.05) is 6.92 Å². The Kier molecular flexibility index (Phi) is 7.18. The Labute approximate surface area is 169 Å². The molecule has 1 aromatic carbocycles. The fraction of sp³-hybridized carbons (Fsp3) is 0.727. The lowest BCUT2D eigenvalue weighted by molar-refractivity contribution is -0.214. The van der Waals surface area contributed by atoms with Crippen molar-refractivity contribution < 1.29 is 22.1 Å². The number of hydrogen-bond acceptors (Lipinski definition) is 5. The third-order valence-corrected chi connectivity index (χ3v) is 7.45. The largest absolute Gasteiger partial charge is 0.347 e. The van der Waals surface area contributed by atoms with Crippen molar-refractivity contribution in [2.75, 3.05) is 19.8 Å². The lowest BCUT2D eigenvalue weighted by atomic mass is 9.86. The molecule has 0 radical (unpaired) electrons. The summed E-state index contributed by atoms with van der Waals surface area (Å²) < 4.78 is 42.2. The molecule has 5 nitrogen and oxygen atoms in total. The molecular formula is C22H34O5S. The molecule has 0 aromatic heterocycles. The molecule has 0 N–H and O–H groups in total. The number of benzene rings is 1. The Morgan fingerprint density at radius 1 is 0.964 bits per heavy atom. The van der Waals surface area contributed by atoms with E-state index in [2.05, 4.69) is 6.92 Å². The van der Waals surface area contributed by atoms with Gasteiger partial charge in [0.05, 0.1) is 24.7 Å². The summed E-state index contributed by atoms with van der Waals surface area (Å²) in [5.41, 5.74) is 1.06. The molecule has 2 fully saturated rings. The molecule has 0 bridgehead atoms. The summed E-state index contributed by atoms with van der Waals surface area (Å²) in [6, 6.07) is 6.76. The minimum atomic E-state index is -3.69. The lowest BCUT2D eigenvalue weighted by Gasteiger charge is -2.36. The van der Waals surface area contributed by atoms with Gasteiger partial charge in [0.25, 0.3) is 10.1 Å². The quantitative estimate of drug-likeness (QED) is 0.359. The summed E-state index contributed by atoms with van der Waals surface area (Å²) in [6.07, 6.45) is 9.47. The van der Waals surface area contributed by atoms with Crippen LogP contribution in [0.25, 0.3) is 0 Å². The van der Waals surface area contributed by atoms with Crippen LogP contribution in [0.15, 0.2) is 29.2 Å². The summed E-state index contributed by atoms with van der Waals surface area (Å²) in [4.78, 5) is 0.217. The Balaban J connectivity index is 1.51. The van der Waals surface area contributed by atoms with Crippen LogP contribution in [-0.4, -0.2) is 34.0 Å². The number of rotatable bonds is 12. The minimum Gasteiger partial charge on any atom is -0.347 e. The molecule has 1 aliphatic heterocycles. The second kappa shape index (κ2) is 9.24. The van der Waals surface area contributed by atoms with E-state index in [-0.39, 0.29) is 16.9 Å². The highest BCUT2D eigenvalue weighted by molar-refractivity contribution is 7.86. The maximum absolute atomic E-state index is 12.3. The average Bonchev–Trinajstić information content (AvgIpc) is 3.32. The summed E-state index contributed by atoms with van der Waals surface area (Å²) in [7, 11) is -3.69. The van der Waals surface area contributed by atoms with E-state index in [4.69, 9.17) is 13.7 Å². The van der Waals surface area contributed by atoms with Gasteiger partial charge in [-0.1, -0.05) is 43.9 Å². The van der Waals surface area contributed by atoms with Crippen molar-refractivity contribution in [1.29, 1.82) is 0 Å². The molecule has 0 unspecified atom stereocenters. The lowest BCUT2D eigenvalue weighted by Crippen LogP contribution is -2.41. The van der Waals surface area contributed by atoms with Gasteiger partial charge in [-0.05, 0) is 51.2 Å². The van der Waals surface area contributed by atoms with Crippen molar-refractivity contribution in [2.45, 2.75) is 82.3 Å². The van der Waals surface area contributed by atoms with Crippen LogP contribution >= 0.6 is 0 Å². The highest BCUT2D eigenvalue weighted by Crippen LogP contribution is 2.62. The Morgan fingerprint density at radius 3 is 2.25 bits per heavy atom. The summed E-state index contributed by atoms with van der Waals surface area (Å²) >= 11 is 0. The average molecular weight is 411 g/mol. The molecular weight excluding hydrogens is 376 g/mol. The van der Waals surface area contributed by atoms with Crippen LogP contribution in [0.2, 0.25) is 0 Å². The second-order valence-corrected chi connectivity index (χ2v) is 9.85. The van der Waals surface area contributed by atoms with Gasteiger partial charge in [0.15, 0.2) is 5.79 Å². The number of unbranched alkanes of at least 4 members (excludes halogenated alkanes) is 3. The Morgan fingerprint density at radius 2 is 1.64 bits per heavy atom. The van der Waals surface area contributed by atoms with Crippen molar-refractivity contribution in [3.05, 3.63) is 29.8 Å². The van der Waals surface area contributed by atoms with E-state index in [0.29, 0.717) is 19.6 Å². The molecule has 6 heteroatoms. The molecule has 1 heterocycles. The van der Waals surface area contributed by atoms with Crippen molar-refractivity contribution in [3.8, 4) is 0 Å². The first-order chi connectivity index (χ1) is 13.4. The van der Waals surface area contributed by atoms with Crippen molar-refractivity contribution in [1.82, 2.24) is 0 Å². The molecule has 1 aliphatic carbocycles. The van der Waals surface area contributed by atoms with E-state index >= 15 is 0 Å². The van der Waals surface area contributed by atoms with Crippen LogP contribution in [0.4, 0.5) is 0 Å². The van der Waals surface area contributed by atoms with Gasteiger partial charge in [0, 0.05) is 11.8 Å². The molecule has 28 heavy (non-hydrogen) atoms. The molecule has 0 atom stereocenters. The summed E-state index contributed by atoms with van der Waals surface area (Å²) in [6.45, 7) is 5.66. The third kappa shape index (κ3) is 4.96. The van der Waals surface area contributed by atoms with Crippen LogP contribution in [0.3, 0.4) is 0 Å². The first kappa shape index (κ1) is 21.8. The summed E-state index contributed by atoms with van der Waals surface area (Å²) in [5, 5.41) is 0. The van der Waals surface area contributed by atoms with Gasteiger partial charge in [-0.25, -0.2) is 0 Å². The fourth-order valence-electron chi connectivity index (χ4n) is 4.28. The number of ether oxygens (including phenoxy) is 2. The van der Waals surface area contributed by atoms with Crippen LogP contribution in [0, 0.1) is 12.3 Å². The topological polar surface area (TPSA) is 61.8 Å². The van der Waals surface area contributed by atoms with Crippen LogP contribution < -0.4 is 0 Å².